The van der Waals surface area contributed by atoms with Crippen molar-refractivity contribution in [2.24, 2.45) is 12.0 Å². The van der Waals surface area contributed by atoms with Gasteiger partial charge in [0.15, 0.2) is 11.8 Å². The molecular formula is C22H35IN6O. The van der Waals surface area contributed by atoms with Crippen LogP contribution in [-0.2, 0) is 24.9 Å². The molecule has 0 saturated heterocycles. The van der Waals surface area contributed by atoms with Gasteiger partial charge in [-0.3, -0.25) is 0 Å². The quantitative estimate of drug-likeness (QED) is 0.180. The lowest BCUT2D eigenvalue weighted by Crippen LogP contribution is -2.39. The number of ether oxygens (including phenoxy) is 1. The van der Waals surface area contributed by atoms with Crippen molar-refractivity contribution < 1.29 is 4.74 Å². The van der Waals surface area contributed by atoms with Gasteiger partial charge in [-0.1, -0.05) is 56.0 Å². The van der Waals surface area contributed by atoms with Crippen molar-refractivity contribution in [3.05, 3.63) is 47.5 Å². The van der Waals surface area contributed by atoms with Crippen LogP contribution in [0.15, 0.2) is 35.3 Å². The maximum absolute atomic E-state index is 6.09. The number of nitrogens with zero attached hydrogens (tertiary/aromatic N) is 4. The molecular weight excluding hydrogens is 491 g/mol. The third-order valence-electron chi connectivity index (χ3n) is 5.41. The Labute approximate surface area is 197 Å². The van der Waals surface area contributed by atoms with Gasteiger partial charge >= 0.3 is 0 Å². The number of aryl methyl sites for hydroxylation is 1. The molecule has 2 N–H and O–H groups in total. The van der Waals surface area contributed by atoms with Gasteiger partial charge in [0, 0.05) is 13.6 Å². The summed E-state index contributed by atoms with van der Waals surface area (Å²) >= 11 is 0. The minimum Gasteiger partial charge on any atom is -0.376 e. The van der Waals surface area contributed by atoms with Gasteiger partial charge in [0.05, 0.1) is 25.8 Å². The molecule has 1 aliphatic rings. The Balaban J connectivity index is 0.00000320. The molecule has 1 heterocycles. The Morgan fingerprint density at radius 2 is 1.83 bits per heavy atom. The van der Waals surface area contributed by atoms with E-state index < -0.39 is 0 Å². The van der Waals surface area contributed by atoms with Crippen LogP contribution in [0.3, 0.4) is 0 Å². The highest BCUT2D eigenvalue weighted by molar-refractivity contribution is 14.0. The summed E-state index contributed by atoms with van der Waals surface area (Å²) in [4.78, 5) is 4.73. The van der Waals surface area contributed by atoms with Crippen LogP contribution in [0.1, 0.15) is 55.7 Å². The molecule has 0 spiro atoms. The number of halogens is 1. The lowest BCUT2D eigenvalue weighted by atomic mass is 10.1. The predicted molar refractivity (Wildman–Crippen MR) is 131 cm³/mol. The van der Waals surface area contributed by atoms with Gasteiger partial charge in [-0.15, -0.1) is 34.2 Å². The van der Waals surface area contributed by atoms with Gasteiger partial charge in [0.25, 0.3) is 0 Å². The van der Waals surface area contributed by atoms with Crippen LogP contribution < -0.4 is 10.6 Å². The molecule has 0 unspecified atom stereocenters. The topological polar surface area (TPSA) is 76.4 Å². The number of aliphatic imine (C=N–C) groups is 1. The fourth-order valence-corrected chi connectivity index (χ4v) is 3.50. The molecule has 1 aliphatic carbocycles. The Kier molecular flexibility index (Phi) is 11.1. The van der Waals surface area contributed by atoms with Crippen LogP contribution >= 0.6 is 24.0 Å². The van der Waals surface area contributed by atoms with E-state index in [4.69, 9.17) is 9.73 Å². The minimum atomic E-state index is 0. The normalized spacial score (nSPS) is 15.3. The Morgan fingerprint density at radius 1 is 1.10 bits per heavy atom. The largest absolute Gasteiger partial charge is 0.376 e. The second kappa shape index (κ2) is 13.6. The number of hydrogen-bond donors (Lipinski definition) is 2. The monoisotopic (exact) mass is 526 g/mol. The van der Waals surface area contributed by atoms with E-state index in [0.717, 1.165) is 24.2 Å². The molecule has 0 amide bonds. The molecule has 8 heteroatoms. The van der Waals surface area contributed by atoms with Crippen molar-refractivity contribution >= 4 is 29.9 Å². The zero-order chi connectivity index (χ0) is 20.3. The first-order valence-electron chi connectivity index (χ1n) is 10.7. The smallest absolute Gasteiger partial charge is 0.192 e. The minimum absolute atomic E-state index is 0. The van der Waals surface area contributed by atoms with E-state index in [1.807, 2.05) is 36.7 Å². The highest BCUT2D eigenvalue weighted by Crippen LogP contribution is 2.19. The van der Waals surface area contributed by atoms with Crippen LogP contribution in [0.2, 0.25) is 0 Å². The molecule has 2 aromatic rings. The van der Waals surface area contributed by atoms with Crippen molar-refractivity contribution in [1.29, 1.82) is 0 Å². The van der Waals surface area contributed by atoms with Crippen molar-refractivity contribution in [3.8, 4) is 0 Å². The lowest BCUT2D eigenvalue weighted by molar-refractivity contribution is 0.0468. The lowest BCUT2D eigenvalue weighted by Gasteiger charge is -2.17. The third kappa shape index (κ3) is 8.22. The van der Waals surface area contributed by atoms with Crippen molar-refractivity contribution in [2.45, 2.75) is 64.6 Å². The molecule has 1 aromatic heterocycles. The van der Waals surface area contributed by atoms with Crippen molar-refractivity contribution in [1.82, 2.24) is 25.4 Å². The highest BCUT2D eigenvalue weighted by atomic mass is 127. The van der Waals surface area contributed by atoms with E-state index in [1.165, 1.54) is 44.1 Å². The van der Waals surface area contributed by atoms with Crippen molar-refractivity contribution in [3.63, 3.8) is 0 Å². The molecule has 0 atom stereocenters. The summed E-state index contributed by atoms with van der Waals surface area (Å²) in [5.41, 5.74) is 1.18. The molecule has 1 fully saturated rings. The molecule has 0 radical (unpaired) electrons. The summed E-state index contributed by atoms with van der Waals surface area (Å²) in [5, 5.41) is 15.1. The van der Waals surface area contributed by atoms with Gasteiger partial charge in [0.2, 0.25) is 0 Å². The zero-order valence-electron chi connectivity index (χ0n) is 18.1. The fraction of sp³-hybridized carbons (Fsp3) is 0.591. The summed E-state index contributed by atoms with van der Waals surface area (Å²) < 4.78 is 8.07. The average molecular weight is 526 g/mol. The first kappa shape index (κ1) is 24.6. The van der Waals surface area contributed by atoms with E-state index in [-0.39, 0.29) is 24.0 Å². The molecule has 7 nitrogen and oxygen atoms in total. The van der Waals surface area contributed by atoms with E-state index in [1.54, 1.807) is 0 Å². The van der Waals surface area contributed by atoms with Gasteiger partial charge in [0.1, 0.15) is 5.82 Å². The van der Waals surface area contributed by atoms with Gasteiger partial charge < -0.3 is 19.9 Å². The van der Waals surface area contributed by atoms with Gasteiger partial charge in [-0.25, -0.2) is 4.99 Å². The fourth-order valence-electron chi connectivity index (χ4n) is 3.50. The van der Waals surface area contributed by atoms with Crippen LogP contribution in [0.5, 0.6) is 0 Å². The Morgan fingerprint density at radius 3 is 2.50 bits per heavy atom. The second-order valence-corrected chi connectivity index (χ2v) is 7.64. The third-order valence-corrected chi connectivity index (χ3v) is 5.41. The molecule has 0 aliphatic heterocycles. The maximum atomic E-state index is 6.09. The SMILES string of the molecule is Cc1nnc(CNC(=NCc2ccccc2)NCCOC2CCCCCC2)n1C.I. The number of nitrogens with one attached hydrogen (secondary N) is 2. The van der Waals surface area contributed by atoms with Crippen LogP contribution in [-0.4, -0.2) is 40.0 Å². The number of benzene rings is 1. The van der Waals surface area contributed by atoms with Gasteiger partial charge in [-0.05, 0) is 25.3 Å². The summed E-state index contributed by atoms with van der Waals surface area (Å²) in [6, 6.07) is 10.3. The molecule has 1 aromatic carbocycles. The van der Waals surface area contributed by atoms with E-state index >= 15 is 0 Å². The average Bonchev–Trinajstić information content (AvgIpc) is 2.93. The second-order valence-electron chi connectivity index (χ2n) is 7.64. The van der Waals surface area contributed by atoms with E-state index in [0.29, 0.717) is 25.8 Å². The zero-order valence-corrected chi connectivity index (χ0v) is 20.5. The molecule has 0 bridgehead atoms. The first-order valence-corrected chi connectivity index (χ1v) is 10.7. The number of hydrogen-bond acceptors (Lipinski definition) is 4. The summed E-state index contributed by atoms with van der Waals surface area (Å²) in [7, 11) is 1.97. The predicted octanol–water partition coefficient (Wildman–Crippen LogP) is 3.72. The maximum Gasteiger partial charge on any atom is 0.192 e. The van der Waals surface area contributed by atoms with Crippen LogP contribution in [0.25, 0.3) is 0 Å². The molecule has 166 valence electrons. The number of rotatable bonds is 8. The summed E-state index contributed by atoms with van der Waals surface area (Å²) in [6.07, 6.45) is 8.08. The number of aromatic nitrogens is 3. The highest BCUT2D eigenvalue weighted by Gasteiger charge is 2.12. The first-order chi connectivity index (χ1) is 14.2. The summed E-state index contributed by atoms with van der Waals surface area (Å²) in [5.74, 6) is 2.54. The summed E-state index contributed by atoms with van der Waals surface area (Å²) in [6.45, 7) is 4.57. The Hall–Kier alpha value is -1.68. The van der Waals surface area contributed by atoms with Gasteiger partial charge in [-0.2, -0.15) is 0 Å². The van der Waals surface area contributed by atoms with Crippen LogP contribution in [0.4, 0.5) is 0 Å². The van der Waals surface area contributed by atoms with Crippen molar-refractivity contribution in [2.75, 3.05) is 13.2 Å². The standard InChI is InChI=1S/C22H34N6O.HI/c1-18-26-27-21(28(18)2)17-25-22(24-16-19-10-6-5-7-11-19)23-14-15-29-20-12-8-3-4-9-13-20;/h5-7,10-11,20H,3-4,8-9,12-17H2,1-2H3,(H2,23,24,25);1H. The molecule has 3 rings (SSSR count). The van der Waals surface area contributed by atoms with E-state index in [2.05, 4.69) is 33.0 Å². The number of guanidine groups is 1. The van der Waals surface area contributed by atoms with E-state index in [9.17, 15) is 0 Å². The Bertz CT molecular complexity index is 756. The molecule has 30 heavy (non-hydrogen) atoms. The van der Waals surface area contributed by atoms with Crippen LogP contribution in [0, 0.1) is 6.92 Å². The molecule has 1 saturated carbocycles.